The predicted molar refractivity (Wildman–Crippen MR) is 116 cm³/mol. The third-order valence-electron chi connectivity index (χ3n) is 4.97. The van der Waals surface area contributed by atoms with Gasteiger partial charge >= 0.3 is 0 Å². The van der Waals surface area contributed by atoms with E-state index in [0.717, 1.165) is 17.7 Å². The topological polar surface area (TPSA) is 66.5 Å². The molecule has 0 amide bonds. The highest BCUT2D eigenvalue weighted by Crippen LogP contribution is 2.29. The van der Waals surface area contributed by atoms with Crippen molar-refractivity contribution in [1.29, 1.82) is 0 Å². The summed E-state index contributed by atoms with van der Waals surface area (Å²) in [4.78, 5) is 14.6. The first-order valence-corrected chi connectivity index (χ1v) is 11.1. The van der Waals surface area contributed by atoms with E-state index in [1.165, 1.54) is 18.2 Å². The number of nitrogens with one attached hydrogen (secondary N) is 1. The van der Waals surface area contributed by atoms with Crippen LogP contribution in [0.4, 0.5) is 14.5 Å². The van der Waals surface area contributed by atoms with Crippen molar-refractivity contribution < 1.29 is 22.0 Å². The number of Topliss-reactive ketones (excluding diaryl/α,β-unsaturated/α-hetero) is 1. The Morgan fingerprint density at radius 3 is 2.26 bits per heavy atom. The van der Waals surface area contributed by atoms with Crippen molar-refractivity contribution in [2.75, 3.05) is 18.3 Å². The largest absolute Gasteiger partial charge is 0.377 e. The number of hydrogen-bond donors (Lipinski definition) is 1. The smallest absolute Gasteiger partial charge is 0.261 e. The van der Waals surface area contributed by atoms with Gasteiger partial charge in [0.05, 0.1) is 16.1 Å². The molecular formula is C23H24F2N2O3S. The molecule has 5 nitrogen and oxygen atoms in total. The quantitative estimate of drug-likeness (QED) is 0.680. The molecule has 0 unspecified atom stereocenters. The number of allylic oxidation sites excluding steroid dienone is 2. The Balaban J connectivity index is 1.99. The Hall–Kier alpha value is -3.00. The highest BCUT2D eigenvalue weighted by molar-refractivity contribution is 7.92. The number of sulfonamides is 1. The van der Waals surface area contributed by atoms with Crippen LogP contribution in [0.1, 0.15) is 36.7 Å². The fourth-order valence-electron chi connectivity index (χ4n) is 3.09. The number of anilines is 1. The summed E-state index contributed by atoms with van der Waals surface area (Å²) in [5, 5.41) is 0. The lowest BCUT2D eigenvalue weighted by Crippen LogP contribution is -2.20. The van der Waals surface area contributed by atoms with Crippen LogP contribution >= 0.6 is 0 Å². The second kappa shape index (κ2) is 8.26. The van der Waals surface area contributed by atoms with E-state index in [0.29, 0.717) is 6.54 Å². The minimum Gasteiger partial charge on any atom is -0.377 e. The van der Waals surface area contributed by atoms with Crippen molar-refractivity contribution >= 4 is 21.5 Å². The molecule has 3 rings (SSSR count). The van der Waals surface area contributed by atoms with Gasteiger partial charge in [-0.15, -0.1) is 0 Å². The third-order valence-corrected chi connectivity index (χ3v) is 6.35. The monoisotopic (exact) mass is 446 g/mol. The Kier molecular flexibility index (Phi) is 6.04. The summed E-state index contributed by atoms with van der Waals surface area (Å²) in [6.45, 7) is 6.41. The van der Waals surface area contributed by atoms with Crippen LogP contribution in [0, 0.1) is 11.6 Å². The highest BCUT2D eigenvalue weighted by atomic mass is 32.2. The van der Waals surface area contributed by atoms with E-state index < -0.39 is 33.0 Å². The van der Waals surface area contributed by atoms with E-state index in [2.05, 4.69) is 4.72 Å². The average Bonchev–Trinajstić information content (AvgIpc) is 2.70. The minimum atomic E-state index is -4.14. The van der Waals surface area contributed by atoms with Crippen molar-refractivity contribution in [3.63, 3.8) is 0 Å². The normalized spacial score (nSPS) is 14.4. The van der Waals surface area contributed by atoms with Crippen LogP contribution in [0.15, 0.2) is 65.2 Å². The number of nitrogens with zero attached hydrogens (tertiary/aromatic N) is 1. The fourth-order valence-corrected chi connectivity index (χ4v) is 4.16. The lowest BCUT2D eigenvalue weighted by molar-refractivity contribution is 0.103. The number of hydrogen-bond acceptors (Lipinski definition) is 4. The van der Waals surface area contributed by atoms with Crippen LogP contribution in [-0.2, 0) is 15.4 Å². The number of halogens is 2. The van der Waals surface area contributed by atoms with Crippen molar-refractivity contribution in [3.05, 3.63) is 83.1 Å². The van der Waals surface area contributed by atoms with Gasteiger partial charge in [-0.05, 0) is 47.5 Å². The molecule has 8 heteroatoms. The molecular weight excluding hydrogens is 422 g/mol. The van der Waals surface area contributed by atoms with Gasteiger partial charge in [-0.1, -0.05) is 39.0 Å². The maximum absolute atomic E-state index is 14.6. The summed E-state index contributed by atoms with van der Waals surface area (Å²) < 4.78 is 56.5. The van der Waals surface area contributed by atoms with Gasteiger partial charge in [0.2, 0.25) is 0 Å². The lowest BCUT2D eigenvalue weighted by Gasteiger charge is -2.20. The second-order valence-electron chi connectivity index (χ2n) is 8.41. The van der Waals surface area contributed by atoms with E-state index in [1.807, 2.05) is 20.8 Å². The van der Waals surface area contributed by atoms with Crippen molar-refractivity contribution in [2.24, 2.45) is 0 Å². The molecule has 1 heterocycles. The summed E-state index contributed by atoms with van der Waals surface area (Å²) in [6.07, 6.45) is 4.67. The number of rotatable bonds is 5. The van der Waals surface area contributed by atoms with Crippen molar-refractivity contribution in [2.45, 2.75) is 31.1 Å². The first kappa shape index (κ1) is 22.7. The fraction of sp³-hybridized carbons (Fsp3) is 0.261. The standard InChI is InChI=1S/C23H24F2N2O3S/c1-23(2,3)16-5-7-17(8-6-16)31(29,30)26-19-10-9-18(24)21(25)20(19)22(28)15-11-13-27(4)14-12-15/h5-13,26H,14H2,1-4H3. The van der Waals surface area contributed by atoms with Gasteiger partial charge in [0.1, 0.15) is 0 Å². The number of ketones is 1. The Morgan fingerprint density at radius 2 is 1.71 bits per heavy atom. The molecule has 0 radical (unpaired) electrons. The van der Waals surface area contributed by atoms with Crippen molar-refractivity contribution in [3.8, 4) is 0 Å². The molecule has 2 aromatic carbocycles. The molecule has 0 atom stereocenters. The third kappa shape index (κ3) is 4.85. The summed E-state index contributed by atoms with van der Waals surface area (Å²) in [7, 11) is -2.34. The van der Waals surface area contributed by atoms with Crippen LogP contribution in [0.25, 0.3) is 0 Å². The zero-order valence-corrected chi connectivity index (χ0v) is 18.6. The van der Waals surface area contributed by atoms with Gasteiger partial charge in [-0.3, -0.25) is 9.52 Å². The first-order valence-electron chi connectivity index (χ1n) is 9.65. The molecule has 2 aromatic rings. The zero-order chi connectivity index (χ0) is 23.0. The average molecular weight is 447 g/mol. The lowest BCUT2D eigenvalue weighted by atomic mass is 9.87. The molecule has 1 N–H and O–H groups in total. The van der Waals surface area contributed by atoms with Crippen LogP contribution in [0.2, 0.25) is 0 Å². The molecule has 0 aliphatic carbocycles. The van der Waals surface area contributed by atoms with Gasteiger partial charge in [0, 0.05) is 19.2 Å². The summed E-state index contributed by atoms with van der Waals surface area (Å²) in [5.41, 5.74) is -0.0499. The van der Waals surface area contributed by atoms with E-state index in [4.69, 9.17) is 0 Å². The van der Waals surface area contributed by atoms with Crippen LogP contribution in [-0.4, -0.2) is 32.7 Å². The Labute approximate surface area is 181 Å². The van der Waals surface area contributed by atoms with E-state index in [1.54, 1.807) is 36.4 Å². The number of carbonyl (C=O) groups excluding carboxylic acids is 1. The van der Waals surface area contributed by atoms with Crippen molar-refractivity contribution in [1.82, 2.24) is 4.90 Å². The molecule has 164 valence electrons. The first-order chi connectivity index (χ1) is 14.4. The van der Waals surface area contributed by atoms with E-state index in [-0.39, 0.29) is 21.6 Å². The molecule has 0 saturated carbocycles. The second-order valence-corrected chi connectivity index (χ2v) is 10.1. The molecule has 0 fully saturated rings. The van der Waals surface area contributed by atoms with Gasteiger partial charge in [0.25, 0.3) is 10.0 Å². The number of benzene rings is 2. The highest BCUT2D eigenvalue weighted by Gasteiger charge is 2.26. The molecule has 1 aliphatic rings. The minimum absolute atomic E-state index is 0.0537. The van der Waals surface area contributed by atoms with Gasteiger partial charge < -0.3 is 4.90 Å². The van der Waals surface area contributed by atoms with Gasteiger partial charge in [-0.2, -0.15) is 0 Å². The van der Waals surface area contributed by atoms with E-state index in [9.17, 15) is 22.0 Å². The van der Waals surface area contributed by atoms with E-state index >= 15 is 0 Å². The van der Waals surface area contributed by atoms with Gasteiger partial charge in [-0.25, -0.2) is 17.2 Å². The molecule has 1 aliphatic heterocycles. The summed E-state index contributed by atoms with van der Waals surface area (Å²) >= 11 is 0. The Morgan fingerprint density at radius 1 is 1.06 bits per heavy atom. The van der Waals surface area contributed by atoms with Crippen LogP contribution < -0.4 is 4.72 Å². The molecule has 31 heavy (non-hydrogen) atoms. The van der Waals surface area contributed by atoms with Crippen LogP contribution in [0.5, 0.6) is 0 Å². The molecule has 0 saturated heterocycles. The molecule has 0 aromatic heterocycles. The molecule has 0 bridgehead atoms. The molecule has 0 spiro atoms. The van der Waals surface area contributed by atoms with Crippen LogP contribution in [0.3, 0.4) is 0 Å². The summed E-state index contributed by atoms with van der Waals surface area (Å²) in [6, 6.07) is 8.09. The SMILES string of the molecule is CN1C=CC(C(=O)c2c(NS(=O)(=O)c3ccc(C(C)(C)C)cc3)ccc(F)c2F)=CC1. The predicted octanol–water partition coefficient (Wildman–Crippen LogP) is 4.63. The Bertz CT molecular complexity index is 1180. The summed E-state index contributed by atoms with van der Waals surface area (Å²) in [5.74, 6) is -3.44. The maximum atomic E-state index is 14.6. The number of carbonyl (C=O) groups is 1. The maximum Gasteiger partial charge on any atom is 0.261 e. The van der Waals surface area contributed by atoms with Gasteiger partial charge in [0.15, 0.2) is 17.4 Å². The number of likely N-dealkylation sites (N-methyl/N-ethyl adjacent to an activating group) is 1. The zero-order valence-electron chi connectivity index (χ0n) is 17.7.